The SMILES string of the molecule is Nc1cc(-c2ccc(C(F)(F)F)cc2)ncn1. The topological polar surface area (TPSA) is 51.8 Å². The molecule has 1 aromatic carbocycles. The maximum absolute atomic E-state index is 12.3. The third kappa shape index (κ3) is 2.52. The Morgan fingerprint density at radius 3 is 2.18 bits per heavy atom. The van der Waals surface area contributed by atoms with Crippen molar-refractivity contribution in [2.45, 2.75) is 6.18 Å². The highest BCUT2D eigenvalue weighted by Gasteiger charge is 2.29. The maximum Gasteiger partial charge on any atom is 0.416 e. The number of alkyl halides is 3. The molecule has 0 radical (unpaired) electrons. The molecule has 0 amide bonds. The van der Waals surface area contributed by atoms with Crippen molar-refractivity contribution in [3.05, 3.63) is 42.2 Å². The minimum absolute atomic E-state index is 0.273. The van der Waals surface area contributed by atoms with Gasteiger partial charge in [-0.1, -0.05) is 12.1 Å². The molecule has 88 valence electrons. The van der Waals surface area contributed by atoms with E-state index in [1.54, 1.807) is 0 Å². The quantitative estimate of drug-likeness (QED) is 0.832. The molecule has 0 spiro atoms. The Labute approximate surface area is 95.1 Å². The highest BCUT2D eigenvalue weighted by Crippen LogP contribution is 2.30. The number of hydrogen-bond acceptors (Lipinski definition) is 3. The zero-order chi connectivity index (χ0) is 12.5. The molecule has 2 rings (SSSR count). The van der Waals surface area contributed by atoms with Gasteiger partial charge in [0.1, 0.15) is 12.1 Å². The van der Waals surface area contributed by atoms with E-state index in [1.807, 2.05) is 0 Å². The molecule has 0 aliphatic heterocycles. The fraction of sp³-hybridized carbons (Fsp3) is 0.0909. The monoisotopic (exact) mass is 239 g/mol. The van der Waals surface area contributed by atoms with E-state index in [4.69, 9.17) is 5.73 Å². The van der Waals surface area contributed by atoms with E-state index in [0.29, 0.717) is 11.3 Å². The van der Waals surface area contributed by atoms with Gasteiger partial charge in [-0.2, -0.15) is 13.2 Å². The van der Waals surface area contributed by atoms with Gasteiger partial charge in [-0.05, 0) is 12.1 Å². The van der Waals surface area contributed by atoms with Crippen molar-refractivity contribution in [3.63, 3.8) is 0 Å². The Balaban J connectivity index is 2.36. The fourth-order valence-corrected chi connectivity index (χ4v) is 1.36. The van der Waals surface area contributed by atoms with Crippen LogP contribution in [-0.2, 0) is 6.18 Å². The Bertz CT molecular complexity index is 520. The Hall–Kier alpha value is -2.11. The van der Waals surface area contributed by atoms with Gasteiger partial charge in [0.25, 0.3) is 0 Å². The number of aromatic nitrogens is 2. The predicted octanol–water partition coefficient (Wildman–Crippen LogP) is 2.74. The number of hydrogen-bond donors (Lipinski definition) is 1. The van der Waals surface area contributed by atoms with Crippen LogP contribution in [0.15, 0.2) is 36.7 Å². The summed E-state index contributed by atoms with van der Waals surface area (Å²) in [6.07, 6.45) is -3.06. The summed E-state index contributed by atoms with van der Waals surface area (Å²) in [5.74, 6) is 0.273. The van der Waals surface area contributed by atoms with Gasteiger partial charge >= 0.3 is 6.18 Å². The molecule has 0 atom stereocenters. The van der Waals surface area contributed by atoms with Crippen molar-refractivity contribution in [2.75, 3.05) is 5.73 Å². The fourth-order valence-electron chi connectivity index (χ4n) is 1.36. The van der Waals surface area contributed by atoms with Gasteiger partial charge in [-0.25, -0.2) is 9.97 Å². The molecular weight excluding hydrogens is 231 g/mol. The highest BCUT2D eigenvalue weighted by atomic mass is 19.4. The number of rotatable bonds is 1. The number of halogens is 3. The summed E-state index contributed by atoms with van der Waals surface area (Å²) in [5, 5.41) is 0. The molecule has 2 aromatic rings. The van der Waals surface area contributed by atoms with E-state index in [1.165, 1.54) is 24.5 Å². The number of nitrogen functional groups attached to an aromatic ring is 1. The summed E-state index contributed by atoms with van der Waals surface area (Å²) in [5.41, 5.74) is 5.83. The lowest BCUT2D eigenvalue weighted by atomic mass is 10.1. The summed E-state index contributed by atoms with van der Waals surface area (Å²) in [6.45, 7) is 0. The van der Waals surface area contributed by atoms with Crippen molar-refractivity contribution < 1.29 is 13.2 Å². The van der Waals surface area contributed by atoms with Crippen molar-refractivity contribution in [1.82, 2.24) is 9.97 Å². The van der Waals surface area contributed by atoms with Gasteiger partial charge in [-0.3, -0.25) is 0 Å². The third-order valence-electron chi connectivity index (χ3n) is 2.20. The van der Waals surface area contributed by atoms with Crippen LogP contribution in [0.4, 0.5) is 19.0 Å². The first-order chi connectivity index (χ1) is 7.97. The molecule has 0 bridgehead atoms. The van der Waals surface area contributed by atoms with Crippen LogP contribution in [0.25, 0.3) is 11.3 Å². The summed E-state index contributed by atoms with van der Waals surface area (Å²) < 4.78 is 37.0. The first-order valence-electron chi connectivity index (χ1n) is 4.72. The van der Waals surface area contributed by atoms with Gasteiger partial charge in [0, 0.05) is 11.6 Å². The molecule has 6 heteroatoms. The van der Waals surface area contributed by atoms with E-state index < -0.39 is 11.7 Å². The summed E-state index contributed by atoms with van der Waals surface area (Å²) in [6, 6.07) is 6.22. The number of nitrogens with zero attached hydrogens (tertiary/aromatic N) is 2. The van der Waals surface area contributed by atoms with Gasteiger partial charge in [0.15, 0.2) is 0 Å². The van der Waals surface area contributed by atoms with Gasteiger partial charge in [0.2, 0.25) is 0 Å². The molecule has 0 aliphatic rings. The summed E-state index contributed by atoms with van der Waals surface area (Å²) in [7, 11) is 0. The highest BCUT2D eigenvalue weighted by molar-refractivity contribution is 5.61. The van der Waals surface area contributed by atoms with E-state index in [9.17, 15) is 13.2 Å². The van der Waals surface area contributed by atoms with Crippen LogP contribution in [0.1, 0.15) is 5.56 Å². The van der Waals surface area contributed by atoms with Crippen molar-refractivity contribution in [1.29, 1.82) is 0 Å². The average Bonchev–Trinajstić information content (AvgIpc) is 2.28. The molecule has 0 unspecified atom stereocenters. The van der Waals surface area contributed by atoms with Crippen LogP contribution in [-0.4, -0.2) is 9.97 Å². The second-order valence-corrected chi connectivity index (χ2v) is 3.40. The van der Waals surface area contributed by atoms with E-state index in [-0.39, 0.29) is 5.82 Å². The van der Waals surface area contributed by atoms with E-state index in [2.05, 4.69) is 9.97 Å². The van der Waals surface area contributed by atoms with Crippen molar-refractivity contribution in [3.8, 4) is 11.3 Å². The second-order valence-electron chi connectivity index (χ2n) is 3.40. The maximum atomic E-state index is 12.3. The van der Waals surface area contributed by atoms with Crippen molar-refractivity contribution in [2.24, 2.45) is 0 Å². The molecule has 2 N–H and O–H groups in total. The Kier molecular flexibility index (Phi) is 2.71. The zero-order valence-corrected chi connectivity index (χ0v) is 8.57. The molecule has 3 nitrogen and oxygen atoms in total. The van der Waals surface area contributed by atoms with Gasteiger partial charge in [0.05, 0.1) is 11.3 Å². The van der Waals surface area contributed by atoms with Crippen LogP contribution < -0.4 is 5.73 Å². The minimum atomic E-state index is -4.33. The van der Waals surface area contributed by atoms with Crippen LogP contribution in [0.2, 0.25) is 0 Å². The standard InChI is InChI=1S/C11H8F3N3/c12-11(13,14)8-3-1-7(2-4-8)9-5-10(15)17-6-16-9/h1-6H,(H2,15,16,17). The van der Waals surface area contributed by atoms with E-state index in [0.717, 1.165) is 12.1 Å². The molecule has 0 saturated heterocycles. The van der Waals surface area contributed by atoms with Crippen LogP contribution in [0.5, 0.6) is 0 Å². The third-order valence-corrected chi connectivity index (χ3v) is 2.20. The lowest BCUT2D eigenvalue weighted by molar-refractivity contribution is -0.137. The van der Waals surface area contributed by atoms with Crippen LogP contribution >= 0.6 is 0 Å². The zero-order valence-electron chi connectivity index (χ0n) is 8.57. The predicted molar refractivity (Wildman–Crippen MR) is 56.9 cm³/mol. The first-order valence-corrected chi connectivity index (χ1v) is 4.72. The molecule has 1 aromatic heterocycles. The van der Waals surface area contributed by atoms with E-state index >= 15 is 0 Å². The smallest absolute Gasteiger partial charge is 0.384 e. The first kappa shape index (κ1) is 11.4. The molecule has 1 heterocycles. The summed E-state index contributed by atoms with van der Waals surface area (Å²) >= 11 is 0. The number of benzene rings is 1. The number of nitrogens with two attached hydrogens (primary N) is 1. The Morgan fingerprint density at radius 2 is 1.65 bits per heavy atom. The number of anilines is 1. The normalized spacial score (nSPS) is 11.5. The van der Waals surface area contributed by atoms with Crippen molar-refractivity contribution >= 4 is 5.82 Å². The Morgan fingerprint density at radius 1 is 1.00 bits per heavy atom. The van der Waals surface area contributed by atoms with Crippen LogP contribution in [0, 0.1) is 0 Å². The lowest BCUT2D eigenvalue weighted by Crippen LogP contribution is -2.04. The van der Waals surface area contributed by atoms with Gasteiger partial charge in [-0.15, -0.1) is 0 Å². The summed E-state index contributed by atoms with van der Waals surface area (Å²) in [4.78, 5) is 7.64. The average molecular weight is 239 g/mol. The molecule has 0 saturated carbocycles. The molecular formula is C11H8F3N3. The lowest BCUT2D eigenvalue weighted by Gasteiger charge is -2.07. The van der Waals surface area contributed by atoms with Gasteiger partial charge < -0.3 is 5.73 Å². The molecule has 0 aliphatic carbocycles. The minimum Gasteiger partial charge on any atom is -0.384 e. The molecule has 0 fully saturated rings. The van der Waals surface area contributed by atoms with Crippen LogP contribution in [0.3, 0.4) is 0 Å². The molecule has 17 heavy (non-hydrogen) atoms. The second kappa shape index (κ2) is 4.04. The largest absolute Gasteiger partial charge is 0.416 e.